The van der Waals surface area contributed by atoms with Gasteiger partial charge in [0.2, 0.25) is 15.9 Å². The largest absolute Gasteiger partial charge is 0.337 e. The van der Waals surface area contributed by atoms with Crippen LogP contribution in [0.4, 0.5) is 5.69 Å². The molecule has 4 rings (SSSR count). The molecule has 0 aromatic heterocycles. The molecule has 1 atom stereocenters. The van der Waals surface area contributed by atoms with Crippen LogP contribution in [-0.4, -0.2) is 66.6 Å². The molecule has 33 heavy (non-hydrogen) atoms. The summed E-state index contributed by atoms with van der Waals surface area (Å²) in [5.74, 6) is 1.55. The summed E-state index contributed by atoms with van der Waals surface area (Å²) in [6, 6.07) is 11.2. The van der Waals surface area contributed by atoms with Crippen molar-refractivity contribution in [3.8, 4) is 0 Å². The van der Waals surface area contributed by atoms with E-state index in [-0.39, 0.29) is 16.7 Å². The Hall–Kier alpha value is -2.36. The van der Waals surface area contributed by atoms with Gasteiger partial charge in [-0.15, -0.1) is 0 Å². The fourth-order valence-corrected chi connectivity index (χ4v) is 6.80. The smallest absolute Gasteiger partial charge is 0.253 e. The zero-order valence-corrected chi connectivity index (χ0v) is 20.5. The molecule has 2 aromatic carbocycles. The van der Waals surface area contributed by atoms with Crippen molar-refractivity contribution in [1.29, 1.82) is 0 Å². The molecular weight excluding hydrogens is 458 g/mol. The molecule has 9 heteroatoms. The van der Waals surface area contributed by atoms with Crippen LogP contribution in [-0.2, 0) is 14.8 Å². The Kier molecular flexibility index (Phi) is 7.11. The van der Waals surface area contributed by atoms with Crippen LogP contribution in [0.15, 0.2) is 47.4 Å². The first-order chi connectivity index (χ1) is 15.8. The predicted octanol–water partition coefficient (Wildman–Crippen LogP) is 3.28. The number of aryl methyl sites for hydroxylation is 2. The lowest BCUT2D eigenvalue weighted by Crippen LogP contribution is -2.43. The minimum absolute atomic E-state index is 0.00226. The zero-order chi connectivity index (χ0) is 23.6. The third-order valence-electron chi connectivity index (χ3n) is 6.16. The molecule has 0 radical (unpaired) electrons. The number of nitrogens with one attached hydrogen (secondary N) is 1. The fourth-order valence-electron chi connectivity index (χ4n) is 4.24. The number of hydrogen-bond acceptors (Lipinski definition) is 5. The summed E-state index contributed by atoms with van der Waals surface area (Å²) in [6.45, 7) is 5.54. The predicted molar refractivity (Wildman–Crippen MR) is 131 cm³/mol. The second kappa shape index (κ2) is 9.87. The van der Waals surface area contributed by atoms with Gasteiger partial charge in [0, 0.05) is 42.4 Å². The van der Waals surface area contributed by atoms with Crippen molar-refractivity contribution in [2.24, 2.45) is 0 Å². The molecule has 2 heterocycles. The number of sulfonamides is 1. The molecule has 2 aromatic rings. The van der Waals surface area contributed by atoms with Crippen molar-refractivity contribution in [3.63, 3.8) is 0 Å². The monoisotopic (exact) mass is 487 g/mol. The average Bonchev–Trinajstić information content (AvgIpc) is 3.32. The van der Waals surface area contributed by atoms with E-state index in [1.807, 2.05) is 30.5 Å². The highest BCUT2D eigenvalue weighted by molar-refractivity contribution is 7.99. The fraction of sp³-hybridized carbons (Fsp3) is 0.417. The molecule has 2 saturated heterocycles. The summed E-state index contributed by atoms with van der Waals surface area (Å²) >= 11 is 1.85. The normalized spacial score (nSPS) is 19.5. The van der Waals surface area contributed by atoms with Crippen molar-refractivity contribution in [3.05, 3.63) is 59.2 Å². The summed E-state index contributed by atoms with van der Waals surface area (Å²) < 4.78 is 27.6. The molecule has 2 aliphatic rings. The maximum absolute atomic E-state index is 13.2. The highest BCUT2D eigenvalue weighted by Crippen LogP contribution is 2.28. The molecule has 0 bridgehead atoms. The van der Waals surface area contributed by atoms with Crippen LogP contribution in [0.25, 0.3) is 0 Å². The molecule has 1 N–H and O–H groups in total. The number of amides is 2. The van der Waals surface area contributed by atoms with Gasteiger partial charge in [0.05, 0.1) is 4.90 Å². The van der Waals surface area contributed by atoms with Gasteiger partial charge in [-0.05, 0) is 62.6 Å². The molecule has 2 amide bonds. The molecular formula is C24H29N3O4S2. The second-order valence-electron chi connectivity index (χ2n) is 8.51. The number of benzene rings is 2. The average molecular weight is 488 g/mol. The Morgan fingerprint density at radius 1 is 1.00 bits per heavy atom. The third kappa shape index (κ3) is 5.10. The maximum atomic E-state index is 13.2. The number of carbonyl (C=O) groups excluding carboxylic acids is 2. The van der Waals surface area contributed by atoms with E-state index in [4.69, 9.17) is 0 Å². The number of carbonyl (C=O) groups is 2. The van der Waals surface area contributed by atoms with E-state index >= 15 is 0 Å². The zero-order valence-electron chi connectivity index (χ0n) is 18.9. The van der Waals surface area contributed by atoms with Gasteiger partial charge in [-0.1, -0.05) is 17.7 Å². The van der Waals surface area contributed by atoms with Crippen LogP contribution in [0.3, 0.4) is 0 Å². The Balaban J connectivity index is 1.48. The van der Waals surface area contributed by atoms with Gasteiger partial charge < -0.3 is 10.2 Å². The van der Waals surface area contributed by atoms with Crippen LogP contribution in [0, 0.1) is 13.8 Å². The third-order valence-corrected chi connectivity index (χ3v) is 9.03. The number of hydrogen-bond donors (Lipinski definition) is 1. The van der Waals surface area contributed by atoms with Gasteiger partial charge in [0.15, 0.2) is 0 Å². The Labute approximate surface area is 199 Å². The SMILES string of the molecule is Cc1ccc(S(=O)(=O)N2CCC[C@H]2C(=O)Nc2ccc(C(=O)N3CCSCC3)cc2C)cc1. The van der Waals surface area contributed by atoms with Crippen molar-refractivity contribution < 1.29 is 18.0 Å². The molecule has 2 fully saturated rings. The van der Waals surface area contributed by atoms with E-state index in [0.29, 0.717) is 30.6 Å². The van der Waals surface area contributed by atoms with Crippen molar-refractivity contribution >= 4 is 39.3 Å². The molecule has 0 unspecified atom stereocenters. The van der Waals surface area contributed by atoms with Crippen LogP contribution >= 0.6 is 11.8 Å². The van der Waals surface area contributed by atoms with Crippen LogP contribution in [0.2, 0.25) is 0 Å². The van der Waals surface area contributed by atoms with Gasteiger partial charge >= 0.3 is 0 Å². The summed E-state index contributed by atoms with van der Waals surface area (Å²) in [5.41, 5.74) is 2.93. The van der Waals surface area contributed by atoms with Gasteiger partial charge in [-0.25, -0.2) is 8.42 Å². The number of thioether (sulfide) groups is 1. The summed E-state index contributed by atoms with van der Waals surface area (Å²) in [7, 11) is -3.76. The van der Waals surface area contributed by atoms with E-state index in [1.54, 1.807) is 42.5 Å². The van der Waals surface area contributed by atoms with E-state index in [0.717, 1.165) is 35.7 Å². The van der Waals surface area contributed by atoms with Crippen LogP contribution in [0.5, 0.6) is 0 Å². The van der Waals surface area contributed by atoms with Gasteiger partial charge in [0.1, 0.15) is 6.04 Å². The number of nitrogens with zero attached hydrogens (tertiary/aromatic N) is 2. The van der Waals surface area contributed by atoms with E-state index < -0.39 is 16.1 Å². The maximum Gasteiger partial charge on any atom is 0.253 e. The topological polar surface area (TPSA) is 86.8 Å². The number of anilines is 1. The lowest BCUT2D eigenvalue weighted by atomic mass is 10.1. The molecule has 0 aliphatic carbocycles. The number of rotatable bonds is 5. The molecule has 0 spiro atoms. The summed E-state index contributed by atoms with van der Waals surface area (Å²) in [4.78, 5) is 27.9. The van der Waals surface area contributed by atoms with Crippen molar-refractivity contribution in [2.75, 3.05) is 36.5 Å². The minimum atomic E-state index is -3.76. The lowest BCUT2D eigenvalue weighted by molar-refractivity contribution is -0.119. The minimum Gasteiger partial charge on any atom is -0.337 e. The van der Waals surface area contributed by atoms with Crippen LogP contribution < -0.4 is 5.32 Å². The second-order valence-corrected chi connectivity index (χ2v) is 11.6. The van der Waals surface area contributed by atoms with Gasteiger partial charge in [-0.2, -0.15) is 16.1 Å². The van der Waals surface area contributed by atoms with Gasteiger partial charge in [-0.3, -0.25) is 9.59 Å². The highest BCUT2D eigenvalue weighted by atomic mass is 32.2. The van der Waals surface area contributed by atoms with Crippen LogP contribution in [0.1, 0.15) is 34.3 Å². The standard InChI is InChI=1S/C24H29N3O4S2/c1-17-5-8-20(9-6-17)33(30,31)27-11-3-4-22(27)23(28)25-21-10-7-19(16-18(21)2)24(29)26-12-14-32-15-13-26/h5-10,16,22H,3-4,11-15H2,1-2H3,(H,25,28)/t22-/m0/s1. The van der Waals surface area contributed by atoms with Gasteiger partial charge in [0.25, 0.3) is 5.91 Å². The van der Waals surface area contributed by atoms with E-state index in [9.17, 15) is 18.0 Å². The van der Waals surface area contributed by atoms with E-state index in [1.165, 1.54) is 4.31 Å². The summed E-state index contributed by atoms with van der Waals surface area (Å²) in [5, 5.41) is 2.89. The Morgan fingerprint density at radius 2 is 1.70 bits per heavy atom. The molecule has 0 saturated carbocycles. The first kappa shape index (κ1) is 23.8. The first-order valence-electron chi connectivity index (χ1n) is 11.1. The lowest BCUT2D eigenvalue weighted by Gasteiger charge is -2.27. The first-order valence-corrected chi connectivity index (χ1v) is 13.7. The Morgan fingerprint density at radius 3 is 2.36 bits per heavy atom. The quantitative estimate of drug-likeness (QED) is 0.700. The molecule has 176 valence electrons. The Bertz CT molecular complexity index is 1140. The summed E-state index contributed by atoms with van der Waals surface area (Å²) in [6.07, 6.45) is 1.10. The van der Waals surface area contributed by atoms with Crippen molar-refractivity contribution in [2.45, 2.75) is 37.6 Å². The van der Waals surface area contributed by atoms with Crippen molar-refractivity contribution in [1.82, 2.24) is 9.21 Å². The highest BCUT2D eigenvalue weighted by Gasteiger charge is 2.39. The molecule has 2 aliphatic heterocycles. The molecule has 7 nitrogen and oxygen atoms in total. The van der Waals surface area contributed by atoms with E-state index in [2.05, 4.69) is 5.32 Å².